The van der Waals surface area contributed by atoms with Crippen molar-refractivity contribution in [1.29, 1.82) is 0 Å². The Bertz CT molecular complexity index is 1150. The number of nitrogens with zero attached hydrogens (tertiary/aromatic N) is 2. The number of aromatic amines is 1. The molecule has 146 valence electrons. The first kappa shape index (κ1) is 18.6. The molecular weight excluding hydrogens is 378 g/mol. The zero-order valence-electron chi connectivity index (χ0n) is 15.6. The number of hydrogen-bond donors (Lipinski definition) is 1. The third-order valence-corrected chi connectivity index (χ3v) is 7.22. The summed E-state index contributed by atoms with van der Waals surface area (Å²) >= 11 is 0. The van der Waals surface area contributed by atoms with Crippen molar-refractivity contribution in [2.24, 2.45) is 5.92 Å². The molecule has 2 heterocycles. The van der Waals surface area contributed by atoms with E-state index in [-0.39, 0.29) is 22.5 Å². The maximum Gasteiger partial charge on any atom is 0.269 e. The Morgan fingerprint density at radius 2 is 1.82 bits per heavy atom. The van der Waals surface area contributed by atoms with E-state index in [0.29, 0.717) is 13.0 Å². The zero-order valence-corrected chi connectivity index (χ0v) is 16.4. The molecule has 3 aromatic rings. The lowest BCUT2D eigenvalue weighted by molar-refractivity contribution is -0.384. The Hall–Kier alpha value is -2.71. The molecule has 1 aliphatic heterocycles. The van der Waals surface area contributed by atoms with E-state index in [1.54, 1.807) is 0 Å². The maximum absolute atomic E-state index is 13.4. The van der Waals surface area contributed by atoms with Crippen molar-refractivity contribution in [3.63, 3.8) is 0 Å². The average molecular weight is 399 g/mol. The standard InChI is InChI=1S/C20H21N3O4S/c1-13(2)20-19-17(16-5-3-4-6-18(16)21-19)11-12-22(20)28(26,27)15-9-7-14(8-10-15)23(24)25/h3-10,13,20-21H,11-12H2,1-2H3/t20-/m1/s1. The topological polar surface area (TPSA) is 96.3 Å². The van der Waals surface area contributed by atoms with Crippen molar-refractivity contribution < 1.29 is 13.3 Å². The molecule has 0 bridgehead atoms. The van der Waals surface area contributed by atoms with Gasteiger partial charge < -0.3 is 4.98 Å². The molecule has 0 saturated heterocycles. The van der Waals surface area contributed by atoms with Crippen molar-refractivity contribution in [3.8, 4) is 0 Å². The SMILES string of the molecule is CC(C)[C@@H]1c2[nH]c3ccccc3c2CCN1S(=O)(=O)c1ccc([N+](=O)[O-])cc1. The first-order chi connectivity index (χ1) is 13.3. The molecule has 0 amide bonds. The van der Waals surface area contributed by atoms with Gasteiger partial charge in [-0.05, 0) is 36.1 Å². The lowest BCUT2D eigenvalue weighted by atomic mass is 9.92. The van der Waals surface area contributed by atoms with Gasteiger partial charge in [-0.1, -0.05) is 32.0 Å². The van der Waals surface area contributed by atoms with Crippen LogP contribution in [0.4, 0.5) is 5.69 Å². The van der Waals surface area contributed by atoms with E-state index in [9.17, 15) is 18.5 Å². The normalized spacial score (nSPS) is 17.8. The summed E-state index contributed by atoms with van der Waals surface area (Å²) in [5, 5.41) is 12.0. The predicted octanol–water partition coefficient (Wildman–Crippen LogP) is 4.02. The Labute approximate surface area is 163 Å². The molecule has 4 rings (SSSR count). The van der Waals surface area contributed by atoms with Gasteiger partial charge in [0, 0.05) is 35.3 Å². The van der Waals surface area contributed by atoms with Gasteiger partial charge in [0.05, 0.1) is 15.9 Å². The molecule has 7 nitrogen and oxygen atoms in total. The number of para-hydroxylation sites is 1. The van der Waals surface area contributed by atoms with Gasteiger partial charge >= 0.3 is 0 Å². The van der Waals surface area contributed by atoms with Crippen LogP contribution in [0.1, 0.15) is 31.1 Å². The van der Waals surface area contributed by atoms with Crippen LogP contribution in [0.15, 0.2) is 53.4 Å². The van der Waals surface area contributed by atoms with Crippen molar-refractivity contribution in [1.82, 2.24) is 9.29 Å². The molecule has 0 aliphatic carbocycles. The van der Waals surface area contributed by atoms with E-state index in [2.05, 4.69) is 11.1 Å². The number of fused-ring (bicyclic) bond motifs is 3. The molecule has 0 unspecified atom stereocenters. The molecule has 1 aromatic heterocycles. The lowest BCUT2D eigenvalue weighted by Gasteiger charge is -2.37. The van der Waals surface area contributed by atoms with E-state index in [4.69, 9.17) is 0 Å². The molecule has 8 heteroatoms. The van der Waals surface area contributed by atoms with Crippen LogP contribution in [0.5, 0.6) is 0 Å². The van der Waals surface area contributed by atoms with Gasteiger partial charge in [-0.3, -0.25) is 10.1 Å². The maximum atomic E-state index is 13.4. The number of H-pyrrole nitrogens is 1. The van der Waals surface area contributed by atoms with Gasteiger partial charge in [0.15, 0.2) is 0 Å². The van der Waals surface area contributed by atoms with Crippen LogP contribution < -0.4 is 0 Å². The number of hydrogen-bond acceptors (Lipinski definition) is 4. The van der Waals surface area contributed by atoms with Crippen molar-refractivity contribution in [2.75, 3.05) is 6.54 Å². The minimum absolute atomic E-state index is 0.0555. The number of benzene rings is 2. The Morgan fingerprint density at radius 1 is 1.14 bits per heavy atom. The molecule has 28 heavy (non-hydrogen) atoms. The summed E-state index contributed by atoms with van der Waals surface area (Å²) in [5.74, 6) is 0.0555. The second kappa shape index (κ2) is 6.72. The van der Waals surface area contributed by atoms with Gasteiger partial charge in [0.2, 0.25) is 10.0 Å². The van der Waals surface area contributed by atoms with Crippen molar-refractivity contribution >= 4 is 26.6 Å². The fourth-order valence-electron chi connectivity index (χ4n) is 4.06. The Balaban J connectivity index is 1.79. The Kier molecular flexibility index (Phi) is 4.47. The fourth-order valence-corrected chi connectivity index (χ4v) is 5.79. The minimum atomic E-state index is -3.79. The van der Waals surface area contributed by atoms with Crippen molar-refractivity contribution in [3.05, 3.63) is 69.9 Å². The second-order valence-electron chi connectivity index (χ2n) is 7.37. The van der Waals surface area contributed by atoms with E-state index in [1.165, 1.54) is 34.1 Å². The monoisotopic (exact) mass is 399 g/mol. The minimum Gasteiger partial charge on any atom is -0.357 e. The summed E-state index contributed by atoms with van der Waals surface area (Å²) < 4.78 is 28.2. The van der Waals surface area contributed by atoms with E-state index in [1.807, 2.05) is 32.0 Å². The largest absolute Gasteiger partial charge is 0.357 e. The first-order valence-electron chi connectivity index (χ1n) is 9.16. The highest BCUT2D eigenvalue weighted by atomic mass is 32.2. The predicted molar refractivity (Wildman–Crippen MR) is 107 cm³/mol. The van der Waals surface area contributed by atoms with E-state index >= 15 is 0 Å². The molecular formula is C20H21N3O4S. The molecule has 0 saturated carbocycles. The number of nitro groups is 1. The first-order valence-corrected chi connectivity index (χ1v) is 10.6. The van der Waals surface area contributed by atoms with Crippen LogP contribution >= 0.6 is 0 Å². The fraction of sp³-hybridized carbons (Fsp3) is 0.300. The van der Waals surface area contributed by atoms with Gasteiger partial charge in [-0.2, -0.15) is 4.31 Å². The number of nitro benzene ring substituents is 1. The summed E-state index contributed by atoms with van der Waals surface area (Å²) in [6, 6.07) is 12.8. The molecule has 1 N–H and O–H groups in total. The molecule has 1 atom stereocenters. The quantitative estimate of drug-likeness (QED) is 0.529. The zero-order chi connectivity index (χ0) is 20.1. The summed E-state index contributed by atoms with van der Waals surface area (Å²) in [6.45, 7) is 4.38. The summed E-state index contributed by atoms with van der Waals surface area (Å²) in [4.78, 5) is 13.8. The molecule has 0 radical (unpaired) electrons. The second-order valence-corrected chi connectivity index (χ2v) is 9.26. The van der Waals surface area contributed by atoms with Gasteiger partial charge in [-0.25, -0.2) is 8.42 Å². The number of aromatic nitrogens is 1. The lowest BCUT2D eigenvalue weighted by Crippen LogP contribution is -2.42. The van der Waals surface area contributed by atoms with Crippen LogP contribution in [0.2, 0.25) is 0 Å². The summed E-state index contributed by atoms with van der Waals surface area (Å²) in [6.07, 6.45) is 0.620. The van der Waals surface area contributed by atoms with Crippen LogP contribution in [-0.4, -0.2) is 29.2 Å². The molecule has 0 fully saturated rings. The highest BCUT2D eigenvalue weighted by Crippen LogP contribution is 2.41. The molecule has 2 aromatic carbocycles. The number of non-ortho nitro benzene ring substituents is 1. The van der Waals surface area contributed by atoms with Gasteiger partial charge in [0.25, 0.3) is 5.69 Å². The van der Waals surface area contributed by atoms with E-state index < -0.39 is 14.9 Å². The Morgan fingerprint density at radius 3 is 2.46 bits per heavy atom. The highest BCUT2D eigenvalue weighted by molar-refractivity contribution is 7.89. The van der Waals surface area contributed by atoms with E-state index in [0.717, 1.165) is 16.6 Å². The highest BCUT2D eigenvalue weighted by Gasteiger charge is 2.39. The molecule has 0 spiro atoms. The average Bonchev–Trinajstić information content (AvgIpc) is 3.05. The van der Waals surface area contributed by atoms with Crippen molar-refractivity contribution in [2.45, 2.75) is 31.2 Å². The van der Waals surface area contributed by atoms with Crippen LogP contribution in [-0.2, 0) is 16.4 Å². The summed E-state index contributed by atoms with van der Waals surface area (Å²) in [7, 11) is -3.79. The summed E-state index contributed by atoms with van der Waals surface area (Å²) in [5.41, 5.74) is 2.99. The van der Waals surface area contributed by atoms with Crippen LogP contribution in [0, 0.1) is 16.0 Å². The smallest absolute Gasteiger partial charge is 0.269 e. The third-order valence-electron chi connectivity index (χ3n) is 5.32. The number of nitrogens with one attached hydrogen (secondary N) is 1. The van der Waals surface area contributed by atoms with Gasteiger partial charge in [0.1, 0.15) is 0 Å². The number of rotatable bonds is 4. The number of sulfonamides is 1. The molecule has 1 aliphatic rings. The van der Waals surface area contributed by atoms with Crippen LogP contribution in [0.3, 0.4) is 0 Å². The van der Waals surface area contributed by atoms with Crippen LogP contribution in [0.25, 0.3) is 10.9 Å². The van der Waals surface area contributed by atoms with Gasteiger partial charge in [-0.15, -0.1) is 0 Å². The third kappa shape index (κ3) is 2.89.